The van der Waals surface area contributed by atoms with Crippen molar-refractivity contribution in [1.82, 2.24) is 4.90 Å². The van der Waals surface area contributed by atoms with Crippen LogP contribution < -0.4 is 9.47 Å². The summed E-state index contributed by atoms with van der Waals surface area (Å²) in [6.45, 7) is 3.46. The maximum absolute atomic E-state index is 12.8. The maximum atomic E-state index is 12.8. The van der Waals surface area contributed by atoms with Crippen molar-refractivity contribution in [2.45, 2.75) is 6.92 Å². The molecule has 0 aliphatic rings. The molecule has 2 aromatic carbocycles. The van der Waals surface area contributed by atoms with Gasteiger partial charge in [-0.05, 0) is 67.7 Å². The number of nitrogens with zero attached hydrogens (tertiary/aromatic N) is 1. The molecule has 23 heavy (non-hydrogen) atoms. The van der Waals surface area contributed by atoms with Gasteiger partial charge in [-0.3, -0.25) is 0 Å². The van der Waals surface area contributed by atoms with Gasteiger partial charge in [0.25, 0.3) is 5.17 Å². The number of hydrogen-bond donors (Lipinski definition) is 1. The summed E-state index contributed by atoms with van der Waals surface area (Å²) in [4.78, 5) is 1.64. The van der Waals surface area contributed by atoms with E-state index in [2.05, 4.69) is 0 Å². The average molecular weight is 335 g/mol. The highest BCUT2D eigenvalue weighted by Crippen LogP contribution is 2.23. The molecule has 0 unspecified atom stereocenters. The van der Waals surface area contributed by atoms with E-state index in [1.165, 1.54) is 12.1 Å². The first-order valence-electron chi connectivity index (χ1n) is 7.22. The van der Waals surface area contributed by atoms with Crippen LogP contribution in [0.4, 0.5) is 4.39 Å². The third-order valence-electron chi connectivity index (χ3n) is 3.16. The van der Waals surface area contributed by atoms with Crippen molar-refractivity contribution in [2.75, 3.05) is 19.7 Å². The summed E-state index contributed by atoms with van der Waals surface area (Å²) in [6, 6.07) is 12.9. The minimum Gasteiger partial charge on any atom is -0.492 e. The Morgan fingerprint density at radius 2 is 1.57 bits per heavy atom. The Labute approximate surface area is 140 Å². The molecule has 0 aliphatic carbocycles. The molecule has 0 atom stereocenters. The fraction of sp³-hybridized carbons (Fsp3) is 0.235. The maximum Gasteiger partial charge on any atom is 0.256 e. The molecule has 0 amide bonds. The first-order valence-corrected chi connectivity index (χ1v) is 7.63. The zero-order chi connectivity index (χ0) is 16.7. The Morgan fingerprint density at radius 3 is 2.09 bits per heavy atom. The third kappa shape index (κ3) is 5.41. The number of rotatable bonds is 7. The van der Waals surface area contributed by atoms with Crippen LogP contribution in [0.25, 0.3) is 0 Å². The predicted octanol–water partition coefficient (Wildman–Crippen LogP) is 4.16. The zero-order valence-corrected chi connectivity index (χ0v) is 13.6. The van der Waals surface area contributed by atoms with Crippen LogP contribution in [0.5, 0.6) is 17.2 Å². The van der Waals surface area contributed by atoms with E-state index in [1.807, 2.05) is 6.92 Å². The third-order valence-corrected chi connectivity index (χ3v) is 3.41. The van der Waals surface area contributed by atoms with Gasteiger partial charge in [-0.2, -0.15) is 0 Å². The van der Waals surface area contributed by atoms with Crippen LogP contribution in [0.15, 0.2) is 48.5 Å². The zero-order valence-electron chi connectivity index (χ0n) is 12.7. The van der Waals surface area contributed by atoms with E-state index in [0.717, 1.165) is 0 Å². The summed E-state index contributed by atoms with van der Waals surface area (Å²) in [5, 5.41) is 9.14. The molecule has 0 radical (unpaired) electrons. The molecule has 0 bridgehead atoms. The monoisotopic (exact) mass is 335 g/mol. The molecule has 0 saturated heterocycles. The molecule has 2 rings (SSSR count). The largest absolute Gasteiger partial charge is 0.492 e. The van der Waals surface area contributed by atoms with E-state index in [-0.39, 0.29) is 11.0 Å². The van der Waals surface area contributed by atoms with Crippen LogP contribution in [0.2, 0.25) is 0 Å². The lowest BCUT2D eigenvalue weighted by molar-refractivity contribution is 0.256. The average Bonchev–Trinajstić information content (AvgIpc) is 2.55. The van der Waals surface area contributed by atoms with Gasteiger partial charge in [0.2, 0.25) is 0 Å². The van der Waals surface area contributed by atoms with Crippen LogP contribution in [-0.4, -0.2) is 34.9 Å². The van der Waals surface area contributed by atoms with E-state index in [4.69, 9.17) is 21.7 Å². The Bertz CT molecular complexity index is 631. The van der Waals surface area contributed by atoms with Crippen LogP contribution in [-0.2, 0) is 0 Å². The Morgan fingerprint density at radius 1 is 1.04 bits per heavy atom. The van der Waals surface area contributed by atoms with Gasteiger partial charge >= 0.3 is 0 Å². The second-order valence-electron chi connectivity index (χ2n) is 4.74. The summed E-state index contributed by atoms with van der Waals surface area (Å²) in [5.74, 6) is 1.59. The Kier molecular flexibility index (Phi) is 6.17. The van der Waals surface area contributed by atoms with Crippen LogP contribution in [0.3, 0.4) is 0 Å². The molecule has 2 aromatic rings. The number of likely N-dealkylation sites (N-methyl/N-ethyl adjacent to an activating group) is 1. The van der Waals surface area contributed by atoms with Crippen LogP contribution in [0.1, 0.15) is 6.92 Å². The van der Waals surface area contributed by atoms with Gasteiger partial charge < -0.3 is 19.5 Å². The van der Waals surface area contributed by atoms with Crippen LogP contribution >= 0.6 is 12.2 Å². The molecule has 0 spiro atoms. The van der Waals surface area contributed by atoms with Crippen molar-refractivity contribution >= 4 is 17.4 Å². The Balaban J connectivity index is 1.84. The number of thiocarbonyl (C=S) groups is 1. The molecular formula is C17H18FNO3S. The molecule has 0 aliphatic heterocycles. The molecule has 1 N–H and O–H groups in total. The van der Waals surface area contributed by atoms with E-state index >= 15 is 0 Å². The summed E-state index contributed by atoms with van der Waals surface area (Å²) < 4.78 is 24.0. The molecular weight excluding hydrogens is 317 g/mol. The summed E-state index contributed by atoms with van der Waals surface area (Å²) in [6.07, 6.45) is 0. The molecule has 0 aromatic heterocycles. The molecule has 0 heterocycles. The number of halogens is 1. The quantitative estimate of drug-likeness (QED) is 0.770. The molecule has 0 fully saturated rings. The highest BCUT2D eigenvalue weighted by Gasteiger charge is 2.05. The molecule has 6 heteroatoms. The van der Waals surface area contributed by atoms with Crippen molar-refractivity contribution < 1.29 is 19.0 Å². The molecule has 4 nitrogen and oxygen atoms in total. The van der Waals surface area contributed by atoms with Gasteiger partial charge in [-0.15, -0.1) is 0 Å². The fourth-order valence-electron chi connectivity index (χ4n) is 1.91. The van der Waals surface area contributed by atoms with E-state index in [1.54, 1.807) is 41.3 Å². The fourth-order valence-corrected chi connectivity index (χ4v) is 2.13. The van der Waals surface area contributed by atoms with Gasteiger partial charge in [-0.1, -0.05) is 0 Å². The SMILES string of the molecule is CCN(CCOc1ccc(Oc2ccc(F)cc2)cc1)C(O)=S. The topological polar surface area (TPSA) is 41.9 Å². The summed E-state index contributed by atoms with van der Waals surface area (Å²) in [7, 11) is 0. The summed E-state index contributed by atoms with van der Waals surface area (Å²) in [5.41, 5.74) is 0. The predicted molar refractivity (Wildman–Crippen MR) is 90.9 cm³/mol. The lowest BCUT2D eigenvalue weighted by Gasteiger charge is -2.19. The number of ether oxygens (including phenoxy) is 2. The van der Waals surface area contributed by atoms with E-state index in [9.17, 15) is 9.50 Å². The Hall–Kier alpha value is -2.34. The van der Waals surface area contributed by atoms with E-state index < -0.39 is 0 Å². The van der Waals surface area contributed by atoms with Crippen molar-refractivity contribution in [3.63, 3.8) is 0 Å². The van der Waals surface area contributed by atoms with Crippen molar-refractivity contribution in [3.8, 4) is 17.2 Å². The normalized spacial score (nSPS) is 10.2. The number of hydrogen-bond acceptors (Lipinski definition) is 3. The highest BCUT2D eigenvalue weighted by molar-refractivity contribution is 7.79. The lowest BCUT2D eigenvalue weighted by Crippen LogP contribution is -2.32. The number of aliphatic hydroxyl groups excluding tert-OH is 1. The highest BCUT2D eigenvalue weighted by atomic mass is 32.1. The minimum absolute atomic E-state index is 0.126. The minimum atomic E-state index is -0.301. The van der Waals surface area contributed by atoms with Crippen molar-refractivity contribution in [3.05, 3.63) is 54.3 Å². The second-order valence-corrected chi connectivity index (χ2v) is 5.10. The smallest absolute Gasteiger partial charge is 0.256 e. The van der Waals surface area contributed by atoms with Gasteiger partial charge in [0, 0.05) is 6.54 Å². The van der Waals surface area contributed by atoms with Gasteiger partial charge in [-0.25, -0.2) is 4.39 Å². The van der Waals surface area contributed by atoms with Crippen LogP contribution in [0, 0.1) is 5.82 Å². The van der Waals surface area contributed by atoms with E-state index in [0.29, 0.717) is 36.9 Å². The molecule has 122 valence electrons. The van der Waals surface area contributed by atoms with Gasteiger partial charge in [0.05, 0.1) is 6.54 Å². The first kappa shape index (κ1) is 17.0. The van der Waals surface area contributed by atoms with Crippen molar-refractivity contribution in [2.24, 2.45) is 0 Å². The van der Waals surface area contributed by atoms with Gasteiger partial charge in [0.1, 0.15) is 29.7 Å². The second kappa shape index (κ2) is 8.33. The number of benzene rings is 2. The summed E-state index contributed by atoms with van der Waals surface area (Å²) >= 11 is 4.72. The lowest BCUT2D eigenvalue weighted by atomic mass is 10.3. The van der Waals surface area contributed by atoms with Gasteiger partial charge in [0.15, 0.2) is 0 Å². The standard InChI is InChI=1S/C17H18FNO3S/c1-2-19(17(20)23)11-12-21-14-7-9-16(10-8-14)22-15-5-3-13(18)4-6-15/h3-10H,2,11-12H2,1H3,(H,20,23). The number of aliphatic hydroxyl groups is 1. The first-order chi connectivity index (χ1) is 11.1. The molecule has 0 saturated carbocycles. The van der Waals surface area contributed by atoms with Crippen molar-refractivity contribution in [1.29, 1.82) is 0 Å².